The summed E-state index contributed by atoms with van der Waals surface area (Å²) in [5, 5.41) is 11.0. The Morgan fingerprint density at radius 3 is 2.44 bits per heavy atom. The molecule has 18 heavy (non-hydrogen) atoms. The first-order valence-electron chi connectivity index (χ1n) is 5.82. The fraction of sp³-hybridized carbons (Fsp3) is 0.417. The molecule has 1 unspecified atom stereocenters. The molecule has 0 radical (unpaired) electrons. The maximum atomic E-state index is 11.7. The van der Waals surface area contributed by atoms with E-state index in [2.05, 4.69) is 0 Å². The second kappa shape index (κ2) is 5.48. The summed E-state index contributed by atoms with van der Waals surface area (Å²) in [6, 6.07) is 8.25. The molecule has 6 nitrogen and oxygen atoms in total. The SMILES string of the molecule is O=C(OC(c1ccccc1)[N+](=O)[O-])N1CCCC1. The molecule has 2 rings (SSSR count). The Morgan fingerprint density at radius 1 is 1.28 bits per heavy atom. The highest BCUT2D eigenvalue weighted by molar-refractivity contribution is 5.68. The van der Waals surface area contributed by atoms with Gasteiger partial charge in [0.25, 0.3) is 0 Å². The fourth-order valence-electron chi connectivity index (χ4n) is 1.92. The van der Waals surface area contributed by atoms with Crippen molar-refractivity contribution >= 4 is 6.09 Å². The van der Waals surface area contributed by atoms with Crippen molar-refractivity contribution in [1.82, 2.24) is 4.90 Å². The van der Waals surface area contributed by atoms with Crippen molar-refractivity contribution in [2.45, 2.75) is 19.1 Å². The van der Waals surface area contributed by atoms with Crippen molar-refractivity contribution < 1.29 is 14.5 Å². The molecule has 1 aliphatic rings. The van der Waals surface area contributed by atoms with Gasteiger partial charge in [0.15, 0.2) is 0 Å². The molecule has 0 aromatic heterocycles. The first-order valence-corrected chi connectivity index (χ1v) is 5.82. The number of hydrogen-bond donors (Lipinski definition) is 0. The number of nitro groups is 1. The number of amides is 1. The lowest BCUT2D eigenvalue weighted by atomic mass is 10.2. The molecule has 1 heterocycles. The van der Waals surface area contributed by atoms with Gasteiger partial charge in [-0.15, -0.1) is 0 Å². The highest BCUT2D eigenvalue weighted by Gasteiger charge is 2.30. The Hall–Kier alpha value is -2.11. The van der Waals surface area contributed by atoms with Crippen LogP contribution >= 0.6 is 0 Å². The predicted molar refractivity (Wildman–Crippen MR) is 63.5 cm³/mol. The minimum Gasteiger partial charge on any atom is -0.377 e. The van der Waals surface area contributed by atoms with E-state index in [0.29, 0.717) is 18.7 Å². The van der Waals surface area contributed by atoms with Crippen LogP contribution in [0.15, 0.2) is 30.3 Å². The third-order valence-corrected chi connectivity index (χ3v) is 2.85. The Bertz CT molecular complexity index is 429. The van der Waals surface area contributed by atoms with Gasteiger partial charge < -0.3 is 9.64 Å². The minimum absolute atomic E-state index is 0.370. The van der Waals surface area contributed by atoms with E-state index >= 15 is 0 Å². The van der Waals surface area contributed by atoms with Gasteiger partial charge in [-0.3, -0.25) is 10.1 Å². The summed E-state index contributed by atoms with van der Waals surface area (Å²) in [6.07, 6.45) is -0.204. The molecule has 6 heteroatoms. The second-order valence-corrected chi connectivity index (χ2v) is 4.13. The van der Waals surface area contributed by atoms with Crippen LogP contribution < -0.4 is 0 Å². The number of likely N-dealkylation sites (tertiary alicyclic amines) is 1. The van der Waals surface area contributed by atoms with E-state index in [1.807, 2.05) is 0 Å². The zero-order valence-corrected chi connectivity index (χ0v) is 9.82. The summed E-state index contributed by atoms with van der Waals surface area (Å²) in [4.78, 5) is 23.6. The van der Waals surface area contributed by atoms with E-state index in [-0.39, 0.29) is 0 Å². The van der Waals surface area contributed by atoms with Crippen molar-refractivity contribution in [2.75, 3.05) is 13.1 Å². The molecule has 0 saturated carbocycles. The maximum Gasteiger partial charge on any atom is 0.415 e. The van der Waals surface area contributed by atoms with Crippen molar-refractivity contribution in [3.8, 4) is 0 Å². The van der Waals surface area contributed by atoms with Crippen LogP contribution in [-0.4, -0.2) is 29.0 Å². The summed E-state index contributed by atoms with van der Waals surface area (Å²) in [6.45, 7) is 1.22. The average Bonchev–Trinajstić information content (AvgIpc) is 2.90. The van der Waals surface area contributed by atoms with Crippen LogP contribution in [-0.2, 0) is 4.74 Å². The molecular formula is C12H14N2O4. The average molecular weight is 250 g/mol. The molecular weight excluding hydrogens is 236 g/mol. The molecule has 1 fully saturated rings. The van der Waals surface area contributed by atoms with E-state index in [1.54, 1.807) is 30.3 Å². The van der Waals surface area contributed by atoms with Gasteiger partial charge in [-0.1, -0.05) is 18.2 Å². The molecule has 0 spiro atoms. The van der Waals surface area contributed by atoms with Crippen LogP contribution in [0.4, 0.5) is 4.79 Å². The summed E-state index contributed by atoms with van der Waals surface area (Å²) in [5.74, 6) is 0. The molecule has 1 aromatic rings. The van der Waals surface area contributed by atoms with Gasteiger partial charge >= 0.3 is 12.3 Å². The Kier molecular flexibility index (Phi) is 3.76. The van der Waals surface area contributed by atoms with E-state index < -0.39 is 17.2 Å². The van der Waals surface area contributed by atoms with Gasteiger partial charge in [0.05, 0.1) is 10.5 Å². The van der Waals surface area contributed by atoms with Gasteiger partial charge in [0.1, 0.15) is 0 Å². The van der Waals surface area contributed by atoms with E-state index in [4.69, 9.17) is 4.74 Å². The van der Waals surface area contributed by atoms with Gasteiger partial charge in [-0.05, 0) is 25.0 Å². The topological polar surface area (TPSA) is 72.7 Å². The fourth-order valence-corrected chi connectivity index (χ4v) is 1.92. The van der Waals surface area contributed by atoms with E-state index in [0.717, 1.165) is 12.8 Å². The Morgan fingerprint density at radius 2 is 1.89 bits per heavy atom. The highest BCUT2D eigenvalue weighted by Crippen LogP contribution is 2.20. The third-order valence-electron chi connectivity index (χ3n) is 2.85. The monoisotopic (exact) mass is 250 g/mol. The molecule has 1 aliphatic heterocycles. The zero-order chi connectivity index (χ0) is 13.0. The van der Waals surface area contributed by atoms with Crippen LogP contribution in [0.3, 0.4) is 0 Å². The lowest BCUT2D eigenvalue weighted by Gasteiger charge is -2.17. The van der Waals surface area contributed by atoms with Crippen LogP contribution in [0.5, 0.6) is 0 Å². The maximum absolute atomic E-state index is 11.7. The zero-order valence-electron chi connectivity index (χ0n) is 9.82. The number of carbonyl (C=O) groups excluding carboxylic acids is 1. The normalized spacial score (nSPS) is 16.3. The Labute approximate surface area is 104 Å². The van der Waals surface area contributed by atoms with Crippen molar-refractivity contribution in [1.29, 1.82) is 0 Å². The van der Waals surface area contributed by atoms with Crippen molar-refractivity contribution in [3.05, 3.63) is 46.0 Å². The molecule has 1 atom stereocenters. The minimum atomic E-state index is -1.43. The van der Waals surface area contributed by atoms with Gasteiger partial charge in [0.2, 0.25) is 0 Å². The molecule has 1 saturated heterocycles. The molecule has 1 amide bonds. The molecule has 0 bridgehead atoms. The molecule has 0 N–H and O–H groups in total. The van der Waals surface area contributed by atoms with Gasteiger partial charge in [0, 0.05) is 13.1 Å². The third kappa shape index (κ3) is 2.77. The van der Waals surface area contributed by atoms with Crippen molar-refractivity contribution in [2.24, 2.45) is 0 Å². The van der Waals surface area contributed by atoms with E-state index in [1.165, 1.54) is 4.90 Å². The second-order valence-electron chi connectivity index (χ2n) is 4.13. The Balaban J connectivity index is 2.07. The van der Waals surface area contributed by atoms with E-state index in [9.17, 15) is 14.9 Å². The summed E-state index contributed by atoms with van der Waals surface area (Å²) in [7, 11) is 0. The first-order chi connectivity index (χ1) is 8.68. The largest absolute Gasteiger partial charge is 0.415 e. The molecule has 0 aliphatic carbocycles. The first kappa shape index (κ1) is 12.3. The number of nitrogens with zero attached hydrogens (tertiary/aromatic N) is 2. The smallest absolute Gasteiger partial charge is 0.377 e. The number of benzene rings is 1. The van der Waals surface area contributed by atoms with Crippen LogP contribution in [0.1, 0.15) is 24.6 Å². The van der Waals surface area contributed by atoms with Crippen LogP contribution in [0.2, 0.25) is 0 Å². The molecule has 96 valence electrons. The summed E-state index contributed by atoms with van der Waals surface area (Å²) in [5.41, 5.74) is 0.370. The number of carbonyl (C=O) groups is 1. The predicted octanol–water partition coefficient (Wildman–Crippen LogP) is 2.19. The lowest BCUT2D eigenvalue weighted by molar-refractivity contribution is -0.575. The lowest BCUT2D eigenvalue weighted by Crippen LogP contribution is -2.31. The quantitative estimate of drug-likeness (QED) is 0.468. The van der Waals surface area contributed by atoms with Crippen molar-refractivity contribution in [3.63, 3.8) is 0 Å². The van der Waals surface area contributed by atoms with Gasteiger partial charge in [-0.25, -0.2) is 4.79 Å². The molecule has 1 aromatic carbocycles. The number of hydrogen-bond acceptors (Lipinski definition) is 4. The van der Waals surface area contributed by atoms with Crippen LogP contribution in [0.25, 0.3) is 0 Å². The standard InChI is InChI=1S/C12H14N2O4/c15-12(13-8-4-5-9-13)18-11(14(16)17)10-6-2-1-3-7-10/h1-3,6-7,11H,4-5,8-9H2. The summed E-state index contributed by atoms with van der Waals surface area (Å²) < 4.78 is 4.97. The summed E-state index contributed by atoms with van der Waals surface area (Å²) >= 11 is 0. The van der Waals surface area contributed by atoms with Crippen LogP contribution in [0, 0.1) is 10.1 Å². The van der Waals surface area contributed by atoms with Gasteiger partial charge in [-0.2, -0.15) is 0 Å². The number of rotatable bonds is 3. The number of ether oxygens (including phenoxy) is 1. The highest BCUT2D eigenvalue weighted by atomic mass is 16.7.